The molecule has 0 N–H and O–H groups in total. The zero-order chi connectivity index (χ0) is 13.2. The van der Waals surface area contributed by atoms with Gasteiger partial charge in [-0.1, -0.05) is 61.3 Å². The van der Waals surface area contributed by atoms with Gasteiger partial charge in [0, 0.05) is 0 Å². The van der Waals surface area contributed by atoms with E-state index in [0.717, 1.165) is 29.6 Å². The van der Waals surface area contributed by atoms with E-state index in [1.54, 1.807) is 0 Å². The van der Waals surface area contributed by atoms with Gasteiger partial charge in [0.05, 0.1) is 0 Å². The molecule has 0 aromatic carbocycles. The van der Waals surface area contributed by atoms with Gasteiger partial charge in [0.25, 0.3) is 0 Å². The van der Waals surface area contributed by atoms with Crippen molar-refractivity contribution in [2.45, 2.75) is 74.1 Å². The highest BCUT2D eigenvalue weighted by atomic mass is 14.5. The minimum Gasteiger partial charge on any atom is -0.0651 e. The van der Waals surface area contributed by atoms with Crippen LogP contribution >= 0.6 is 0 Å². The summed E-state index contributed by atoms with van der Waals surface area (Å²) in [6.45, 7) is 17.1. The minimum absolute atomic E-state index is 0.656. The van der Waals surface area contributed by atoms with Gasteiger partial charge in [-0.25, -0.2) is 0 Å². The van der Waals surface area contributed by atoms with Gasteiger partial charge in [0.15, 0.2) is 0 Å². The van der Waals surface area contributed by atoms with Crippen molar-refractivity contribution in [1.82, 2.24) is 0 Å². The fourth-order valence-corrected chi connectivity index (χ4v) is 3.88. The second-order valence-corrected chi connectivity index (χ2v) is 7.12. The topological polar surface area (TPSA) is 0 Å². The predicted molar refractivity (Wildman–Crippen MR) is 78.1 cm³/mol. The minimum atomic E-state index is 0.656. The van der Waals surface area contributed by atoms with E-state index in [1.165, 1.54) is 25.7 Å². The highest BCUT2D eigenvalue weighted by Crippen LogP contribution is 2.54. The lowest BCUT2D eigenvalue weighted by Crippen LogP contribution is -2.44. The second-order valence-electron chi connectivity index (χ2n) is 7.12. The summed E-state index contributed by atoms with van der Waals surface area (Å²) in [6, 6.07) is 0. The molecular formula is C17H34. The van der Waals surface area contributed by atoms with Gasteiger partial charge in [-0.15, -0.1) is 0 Å². The van der Waals surface area contributed by atoms with E-state index in [-0.39, 0.29) is 0 Å². The van der Waals surface area contributed by atoms with Crippen molar-refractivity contribution in [1.29, 1.82) is 0 Å². The Morgan fingerprint density at radius 2 is 1.65 bits per heavy atom. The summed E-state index contributed by atoms with van der Waals surface area (Å²) < 4.78 is 0. The van der Waals surface area contributed by atoms with Crippen LogP contribution in [0.25, 0.3) is 0 Å². The van der Waals surface area contributed by atoms with Crippen LogP contribution in [0.15, 0.2) is 0 Å². The summed E-state index contributed by atoms with van der Waals surface area (Å²) in [5, 5.41) is 0. The van der Waals surface area contributed by atoms with E-state index in [2.05, 4.69) is 48.5 Å². The van der Waals surface area contributed by atoms with Crippen molar-refractivity contribution in [3.05, 3.63) is 0 Å². The Labute approximate surface area is 110 Å². The first kappa shape index (κ1) is 15.1. The Hall–Kier alpha value is 0. The molecule has 0 spiro atoms. The number of hydrogen-bond donors (Lipinski definition) is 0. The summed E-state index contributed by atoms with van der Waals surface area (Å²) in [4.78, 5) is 0. The molecule has 6 atom stereocenters. The van der Waals surface area contributed by atoms with Gasteiger partial charge in [-0.05, 0) is 47.8 Å². The van der Waals surface area contributed by atoms with Crippen LogP contribution in [-0.4, -0.2) is 0 Å². The molecule has 0 aromatic rings. The third-order valence-corrected chi connectivity index (χ3v) is 6.56. The van der Waals surface area contributed by atoms with Crippen LogP contribution in [0, 0.1) is 35.0 Å². The molecule has 1 rings (SSSR count). The SMILES string of the molecule is CCC(C)C(C)C(C)C(C)C1CCC1(C)CC. The van der Waals surface area contributed by atoms with E-state index >= 15 is 0 Å². The third-order valence-electron chi connectivity index (χ3n) is 6.56. The summed E-state index contributed by atoms with van der Waals surface area (Å²) in [5.41, 5.74) is 0.656. The van der Waals surface area contributed by atoms with Crippen molar-refractivity contribution < 1.29 is 0 Å². The molecule has 1 fully saturated rings. The summed E-state index contributed by atoms with van der Waals surface area (Å²) in [5.74, 6) is 4.50. The second kappa shape index (κ2) is 5.76. The normalized spacial score (nSPS) is 35.8. The van der Waals surface area contributed by atoms with Crippen LogP contribution in [0.2, 0.25) is 0 Å². The Balaban J connectivity index is 2.61. The van der Waals surface area contributed by atoms with Crippen molar-refractivity contribution in [3.63, 3.8) is 0 Å². The van der Waals surface area contributed by atoms with Crippen LogP contribution in [0.1, 0.15) is 74.1 Å². The zero-order valence-electron chi connectivity index (χ0n) is 13.2. The largest absolute Gasteiger partial charge is 0.0651 e. The molecule has 1 saturated carbocycles. The molecular weight excluding hydrogens is 204 g/mol. The maximum atomic E-state index is 2.52. The molecule has 0 saturated heterocycles. The lowest BCUT2D eigenvalue weighted by atomic mass is 9.53. The van der Waals surface area contributed by atoms with E-state index in [4.69, 9.17) is 0 Å². The predicted octanol–water partition coefficient (Wildman–Crippen LogP) is 5.77. The lowest BCUT2D eigenvalue weighted by molar-refractivity contribution is -0.0261. The molecule has 0 heterocycles. The number of rotatable bonds is 6. The van der Waals surface area contributed by atoms with Crippen molar-refractivity contribution in [3.8, 4) is 0 Å². The molecule has 6 unspecified atom stereocenters. The van der Waals surface area contributed by atoms with Crippen molar-refractivity contribution in [2.24, 2.45) is 35.0 Å². The Morgan fingerprint density at radius 3 is 2.00 bits per heavy atom. The van der Waals surface area contributed by atoms with E-state index in [0.29, 0.717) is 5.41 Å². The summed E-state index contributed by atoms with van der Waals surface area (Å²) in [6.07, 6.45) is 5.63. The van der Waals surface area contributed by atoms with Crippen LogP contribution in [-0.2, 0) is 0 Å². The third kappa shape index (κ3) is 2.88. The van der Waals surface area contributed by atoms with Crippen molar-refractivity contribution in [2.75, 3.05) is 0 Å². The van der Waals surface area contributed by atoms with Gasteiger partial charge >= 0.3 is 0 Å². The first-order valence-corrected chi connectivity index (χ1v) is 7.87. The monoisotopic (exact) mass is 238 g/mol. The fraction of sp³-hybridized carbons (Fsp3) is 1.00. The van der Waals surface area contributed by atoms with Gasteiger partial charge in [-0.2, -0.15) is 0 Å². The standard InChI is InChI=1S/C17H34/c1-8-12(3)13(4)14(5)15(6)16-10-11-17(16,7)9-2/h12-16H,8-11H2,1-7H3. The first-order chi connectivity index (χ1) is 7.87. The molecule has 1 aliphatic rings. The quantitative estimate of drug-likeness (QED) is 0.551. The van der Waals surface area contributed by atoms with Crippen LogP contribution in [0.3, 0.4) is 0 Å². The smallest absolute Gasteiger partial charge is 0.0297 e. The van der Waals surface area contributed by atoms with Gasteiger partial charge in [-0.3, -0.25) is 0 Å². The van der Waals surface area contributed by atoms with Crippen LogP contribution in [0.4, 0.5) is 0 Å². The molecule has 0 heteroatoms. The Bertz CT molecular complexity index is 228. The van der Waals surface area contributed by atoms with Crippen LogP contribution < -0.4 is 0 Å². The number of hydrogen-bond acceptors (Lipinski definition) is 0. The maximum absolute atomic E-state index is 2.52. The van der Waals surface area contributed by atoms with E-state index < -0.39 is 0 Å². The molecule has 0 nitrogen and oxygen atoms in total. The van der Waals surface area contributed by atoms with E-state index in [9.17, 15) is 0 Å². The highest BCUT2D eigenvalue weighted by Gasteiger charge is 2.45. The van der Waals surface area contributed by atoms with Gasteiger partial charge in [0.1, 0.15) is 0 Å². The van der Waals surface area contributed by atoms with Gasteiger partial charge < -0.3 is 0 Å². The lowest BCUT2D eigenvalue weighted by Gasteiger charge is -2.52. The highest BCUT2D eigenvalue weighted by molar-refractivity contribution is 4.95. The molecule has 0 radical (unpaired) electrons. The van der Waals surface area contributed by atoms with Crippen LogP contribution in [0.5, 0.6) is 0 Å². The molecule has 17 heavy (non-hydrogen) atoms. The fourth-order valence-electron chi connectivity index (χ4n) is 3.88. The van der Waals surface area contributed by atoms with E-state index in [1.807, 2.05) is 0 Å². The molecule has 0 amide bonds. The average Bonchev–Trinajstić information content (AvgIpc) is 2.33. The Morgan fingerprint density at radius 1 is 1.06 bits per heavy atom. The summed E-state index contributed by atoms with van der Waals surface area (Å²) >= 11 is 0. The molecule has 0 aromatic heterocycles. The zero-order valence-corrected chi connectivity index (χ0v) is 13.2. The molecule has 0 aliphatic heterocycles. The maximum Gasteiger partial charge on any atom is -0.0297 e. The summed E-state index contributed by atoms with van der Waals surface area (Å²) in [7, 11) is 0. The van der Waals surface area contributed by atoms with Gasteiger partial charge in [0.2, 0.25) is 0 Å². The average molecular weight is 238 g/mol. The first-order valence-electron chi connectivity index (χ1n) is 7.87. The Kier molecular flexibility index (Phi) is 5.10. The van der Waals surface area contributed by atoms with Crippen molar-refractivity contribution >= 4 is 0 Å². The molecule has 0 bridgehead atoms. The molecule has 1 aliphatic carbocycles. The molecule has 102 valence electrons.